The van der Waals surface area contributed by atoms with E-state index in [-0.39, 0.29) is 23.3 Å². The minimum absolute atomic E-state index is 0.0561. The zero-order valence-electron chi connectivity index (χ0n) is 14.8. The number of esters is 1. The molecule has 144 valence electrons. The van der Waals surface area contributed by atoms with Crippen LogP contribution in [0.25, 0.3) is 0 Å². The fourth-order valence-electron chi connectivity index (χ4n) is 2.35. The van der Waals surface area contributed by atoms with Crippen LogP contribution in [0.2, 0.25) is 5.02 Å². The van der Waals surface area contributed by atoms with Gasteiger partial charge in [0.2, 0.25) is 5.91 Å². The third-order valence-corrected chi connectivity index (χ3v) is 5.13. The quantitative estimate of drug-likeness (QED) is 0.606. The molecule has 0 aromatic heterocycles. The van der Waals surface area contributed by atoms with E-state index >= 15 is 0 Å². The molecule has 27 heavy (non-hydrogen) atoms. The van der Waals surface area contributed by atoms with Crippen LogP contribution in [-0.4, -0.2) is 41.4 Å². The van der Waals surface area contributed by atoms with E-state index < -0.39 is 24.0 Å². The molecule has 0 spiro atoms. The number of amides is 2. The van der Waals surface area contributed by atoms with E-state index in [2.05, 4.69) is 16.7 Å². The second-order valence-electron chi connectivity index (χ2n) is 6.35. The zero-order chi connectivity index (χ0) is 19.9. The minimum atomic E-state index is -0.919. The molecule has 2 rings (SSSR count). The number of carbonyl (C=O) groups is 3. The first-order valence-electron chi connectivity index (χ1n) is 8.33. The molecule has 0 bridgehead atoms. The SMILES string of the molecule is C[C@](C#N)(NC(=O)COC(=O)CSCC(=O)Nc1ccc(Cl)cc1)C1CC1. The Kier molecular flexibility index (Phi) is 7.51. The molecular weight excluding hydrogens is 390 g/mol. The van der Waals surface area contributed by atoms with Crippen molar-refractivity contribution in [3.63, 3.8) is 0 Å². The van der Waals surface area contributed by atoms with Gasteiger partial charge in [-0.25, -0.2) is 0 Å². The Balaban J connectivity index is 1.61. The number of thioether (sulfide) groups is 1. The lowest BCUT2D eigenvalue weighted by molar-refractivity contribution is -0.146. The molecule has 2 N–H and O–H groups in total. The monoisotopic (exact) mass is 409 g/mol. The number of carbonyl (C=O) groups excluding carboxylic acids is 3. The molecule has 1 aromatic carbocycles. The van der Waals surface area contributed by atoms with Gasteiger partial charge in [-0.05, 0) is 49.9 Å². The van der Waals surface area contributed by atoms with Crippen LogP contribution in [0.15, 0.2) is 24.3 Å². The average Bonchev–Trinajstić information content (AvgIpc) is 3.47. The highest BCUT2D eigenvalue weighted by molar-refractivity contribution is 8.00. The van der Waals surface area contributed by atoms with Crippen molar-refractivity contribution in [3.05, 3.63) is 29.3 Å². The van der Waals surface area contributed by atoms with Crippen molar-refractivity contribution in [2.75, 3.05) is 23.4 Å². The third kappa shape index (κ3) is 7.12. The summed E-state index contributed by atoms with van der Waals surface area (Å²) >= 11 is 6.85. The van der Waals surface area contributed by atoms with Gasteiger partial charge in [-0.3, -0.25) is 14.4 Å². The van der Waals surface area contributed by atoms with Crippen molar-refractivity contribution in [2.45, 2.75) is 25.3 Å². The molecule has 7 nitrogen and oxygen atoms in total. The summed E-state index contributed by atoms with van der Waals surface area (Å²) in [5.74, 6) is -1.21. The first kappa shape index (κ1) is 21.1. The van der Waals surface area contributed by atoms with Crippen LogP contribution in [0.4, 0.5) is 5.69 Å². The molecule has 1 aliphatic rings. The van der Waals surface area contributed by atoms with Crippen molar-refractivity contribution in [2.24, 2.45) is 5.92 Å². The second-order valence-corrected chi connectivity index (χ2v) is 7.77. The predicted molar refractivity (Wildman–Crippen MR) is 103 cm³/mol. The van der Waals surface area contributed by atoms with Gasteiger partial charge in [0.05, 0.1) is 17.6 Å². The van der Waals surface area contributed by atoms with Crippen LogP contribution in [0, 0.1) is 17.2 Å². The molecular formula is C18H20ClN3O4S. The number of nitrogens with one attached hydrogen (secondary N) is 2. The normalized spacial score (nSPS) is 15.1. The highest BCUT2D eigenvalue weighted by Gasteiger charge is 2.43. The minimum Gasteiger partial charge on any atom is -0.455 e. The van der Waals surface area contributed by atoms with Gasteiger partial charge in [0.25, 0.3) is 5.91 Å². The standard InChI is InChI=1S/C18H20ClN3O4S/c1-18(11-20,12-2-3-12)22-15(23)8-26-17(25)10-27-9-16(24)21-14-6-4-13(19)5-7-14/h4-7,12H,2-3,8-10H2,1H3,(H,21,24)(H,22,23)/t18-/m1/s1. The van der Waals surface area contributed by atoms with Gasteiger partial charge in [-0.2, -0.15) is 5.26 Å². The van der Waals surface area contributed by atoms with Crippen LogP contribution in [0.5, 0.6) is 0 Å². The summed E-state index contributed by atoms with van der Waals surface area (Å²) in [6, 6.07) is 8.77. The highest BCUT2D eigenvalue weighted by Crippen LogP contribution is 2.39. The first-order valence-corrected chi connectivity index (χ1v) is 9.86. The number of nitriles is 1. The number of hydrogen-bond acceptors (Lipinski definition) is 6. The van der Waals surface area contributed by atoms with E-state index in [1.807, 2.05) is 0 Å². The molecule has 0 saturated heterocycles. The number of benzene rings is 1. The van der Waals surface area contributed by atoms with Gasteiger partial charge < -0.3 is 15.4 Å². The number of halogens is 1. The molecule has 1 fully saturated rings. The van der Waals surface area contributed by atoms with Gasteiger partial charge in [0.1, 0.15) is 5.54 Å². The van der Waals surface area contributed by atoms with Crippen molar-refractivity contribution in [3.8, 4) is 6.07 Å². The van der Waals surface area contributed by atoms with Gasteiger partial charge in [-0.1, -0.05) is 11.6 Å². The molecule has 1 saturated carbocycles. The van der Waals surface area contributed by atoms with Gasteiger partial charge in [0.15, 0.2) is 6.61 Å². The Bertz CT molecular complexity index is 746. The first-order chi connectivity index (χ1) is 12.8. The Hall–Kier alpha value is -2.24. The van der Waals surface area contributed by atoms with Crippen LogP contribution < -0.4 is 10.6 Å². The summed E-state index contributed by atoms with van der Waals surface area (Å²) in [4.78, 5) is 35.3. The molecule has 2 amide bonds. The molecule has 1 aliphatic carbocycles. The van der Waals surface area contributed by atoms with Gasteiger partial charge in [-0.15, -0.1) is 11.8 Å². The Morgan fingerprint density at radius 2 is 1.93 bits per heavy atom. The summed E-state index contributed by atoms with van der Waals surface area (Å²) in [6.07, 6.45) is 1.80. The maximum Gasteiger partial charge on any atom is 0.316 e. The molecule has 0 unspecified atom stereocenters. The van der Waals surface area contributed by atoms with Crippen molar-refractivity contribution < 1.29 is 19.1 Å². The Morgan fingerprint density at radius 3 is 2.52 bits per heavy atom. The molecule has 0 heterocycles. The van der Waals surface area contributed by atoms with Crippen LogP contribution in [0.3, 0.4) is 0 Å². The number of nitrogens with zero attached hydrogens (tertiary/aromatic N) is 1. The average molecular weight is 410 g/mol. The lowest BCUT2D eigenvalue weighted by Crippen LogP contribution is -2.48. The maximum absolute atomic E-state index is 11.8. The third-order valence-electron chi connectivity index (χ3n) is 3.97. The van der Waals surface area contributed by atoms with E-state index in [0.717, 1.165) is 24.6 Å². The Morgan fingerprint density at radius 1 is 1.26 bits per heavy atom. The number of hydrogen-bond donors (Lipinski definition) is 2. The van der Waals surface area contributed by atoms with E-state index in [1.165, 1.54) is 0 Å². The predicted octanol–water partition coefficient (Wildman–Crippen LogP) is 2.36. The van der Waals surface area contributed by atoms with E-state index in [4.69, 9.17) is 16.3 Å². The topological polar surface area (TPSA) is 108 Å². The summed E-state index contributed by atoms with van der Waals surface area (Å²) in [5.41, 5.74) is -0.307. The molecule has 1 atom stereocenters. The number of anilines is 1. The fraction of sp³-hybridized carbons (Fsp3) is 0.444. The van der Waals surface area contributed by atoms with E-state index in [0.29, 0.717) is 10.7 Å². The summed E-state index contributed by atoms with van der Waals surface area (Å²) < 4.78 is 4.88. The number of ether oxygens (including phenoxy) is 1. The second kappa shape index (κ2) is 9.62. The summed E-state index contributed by atoms with van der Waals surface area (Å²) in [5, 5.41) is 15.0. The van der Waals surface area contributed by atoms with Gasteiger partial charge in [0, 0.05) is 10.7 Å². The molecule has 0 radical (unpaired) electrons. The zero-order valence-corrected chi connectivity index (χ0v) is 16.4. The highest BCUT2D eigenvalue weighted by atomic mass is 35.5. The van der Waals surface area contributed by atoms with Crippen LogP contribution in [0.1, 0.15) is 19.8 Å². The van der Waals surface area contributed by atoms with E-state index in [9.17, 15) is 19.6 Å². The van der Waals surface area contributed by atoms with Crippen LogP contribution >= 0.6 is 23.4 Å². The Labute approximate surface area is 166 Å². The summed E-state index contributed by atoms with van der Waals surface area (Å²) in [6.45, 7) is 1.22. The summed E-state index contributed by atoms with van der Waals surface area (Å²) in [7, 11) is 0. The van der Waals surface area contributed by atoms with Crippen molar-refractivity contribution in [1.82, 2.24) is 5.32 Å². The number of rotatable bonds is 9. The molecule has 1 aromatic rings. The van der Waals surface area contributed by atoms with Crippen LogP contribution in [-0.2, 0) is 19.1 Å². The lowest BCUT2D eigenvalue weighted by Gasteiger charge is -2.22. The largest absolute Gasteiger partial charge is 0.455 e. The van der Waals surface area contributed by atoms with Crippen molar-refractivity contribution in [1.29, 1.82) is 5.26 Å². The van der Waals surface area contributed by atoms with Gasteiger partial charge >= 0.3 is 5.97 Å². The fourth-order valence-corrected chi connectivity index (χ4v) is 3.09. The van der Waals surface area contributed by atoms with E-state index in [1.54, 1.807) is 31.2 Å². The smallest absolute Gasteiger partial charge is 0.316 e. The lowest BCUT2D eigenvalue weighted by atomic mass is 9.98. The maximum atomic E-state index is 11.8. The van der Waals surface area contributed by atoms with Crippen molar-refractivity contribution >= 4 is 46.8 Å². The molecule has 0 aliphatic heterocycles. The molecule has 9 heteroatoms.